The minimum Gasteiger partial charge on any atom is -0.318 e. The molecule has 0 unspecified atom stereocenters. The molecule has 3 aromatic carbocycles. The van der Waals surface area contributed by atoms with Gasteiger partial charge in [0.05, 0.1) is 26.8 Å². The van der Waals surface area contributed by atoms with Crippen LogP contribution >= 0.6 is 23.2 Å². The summed E-state index contributed by atoms with van der Waals surface area (Å²) < 4.78 is 30.2. The predicted octanol–water partition coefficient (Wildman–Crippen LogP) is 6.36. The second-order valence-corrected chi connectivity index (χ2v) is 11.8. The van der Waals surface area contributed by atoms with E-state index in [0.717, 1.165) is 38.1 Å². The summed E-state index contributed by atoms with van der Waals surface area (Å²) in [6.45, 7) is 7.16. The van der Waals surface area contributed by atoms with Crippen LogP contribution in [0.15, 0.2) is 82.8 Å². The van der Waals surface area contributed by atoms with Crippen molar-refractivity contribution in [2.45, 2.75) is 32.6 Å². The third-order valence-electron chi connectivity index (χ3n) is 6.26. The van der Waals surface area contributed by atoms with Crippen molar-refractivity contribution in [3.05, 3.63) is 111 Å². The molecule has 4 aromatic rings. The van der Waals surface area contributed by atoms with Gasteiger partial charge in [-0.25, -0.2) is 13.8 Å². The zero-order valence-corrected chi connectivity index (χ0v) is 24.3. The van der Waals surface area contributed by atoms with E-state index in [4.69, 9.17) is 23.2 Å². The Hall–Kier alpha value is -3.59. The van der Waals surface area contributed by atoms with Crippen molar-refractivity contribution in [2.75, 3.05) is 10.8 Å². The normalized spacial score (nSPS) is 11.6. The molecular formula is C29H28Cl2N4O3S. The molecule has 0 fully saturated rings. The van der Waals surface area contributed by atoms with E-state index in [9.17, 15) is 13.2 Å². The number of carbonyl (C=O) groups excluding carboxylic acids is 1. The Bertz CT molecular complexity index is 1670. The minimum atomic E-state index is -4.01. The number of carbonyl (C=O) groups is 1. The molecule has 10 heteroatoms. The third kappa shape index (κ3) is 6.19. The van der Waals surface area contributed by atoms with Gasteiger partial charge in [0.15, 0.2) is 0 Å². The first-order valence-corrected chi connectivity index (χ1v) is 14.3. The van der Waals surface area contributed by atoms with Crippen molar-refractivity contribution in [3.8, 4) is 5.69 Å². The Morgan fingerprint density at radius 2 is 1.67 bits per heavy atom. The van der Waals surface area contributed by atoms with Gasteiger partial charge in [0.2, 0.25) is 0 Å². The molecule has 7 nitrogen and oxygen atoms in total. The molecular weight excluding hydrogens is 555 g/mol. The highest BCUT2D eigenvalue weighted by Crippen LogP contribution is 2.28. The van der Waals surface area contributed by atoms with E-state index in [1.165, 1.54) is 18.3 Å². The van der Waals surface area contributed by atoms with Gasteiger partial charge in [0, 0.05) is 22.6 Å². The summed E-state index contributed by atoms with van der Waals surface area (Å²) in [6.07, 6.45) is 1.53. The molecule has 1 amide bonds. The van der Waals surface area contributed by atoms with Crippen LogP contribution in [0.25, 0.3) is 5.69 Å². The number of hydrogen-bond donors (Lipinski definition) is 1. The lowest BCUT2D eigenvalue weighted by Crippen LogP contribution is -2.40. The molecule has 1 N–H and O–H groups in total. The lowest BCUT2D eigenvalue weighted by atomic mass is 10.1. The fourth-order valence-corrected chi connectivity index (χ4v) is 6.18. The number of nitrogens with zero attached hydrogens (tertiary/aromatic N) is 3. The van der Waals surface area contributed by atoms with Gasteiger partial charge >= 0.3 is 0 Å². The lowest BCUT2D eigenvalue weighted by molar-refractivity contribution is -0.119. The van der Waals surface area contributed by atoms with Crippen LogP contribution in [0.5, 0.6) is 0 Å². The predicted molar refractivity (Wildman–Crippen MR) is 158 cm³/mol. The van der Waals surface area contributed by atoms with Crippen molar-refractivity contribution in [1.82, 2.24) is 9.99 Å². The van der Waals surface area contributed by atoms with Gasteiger partial charge < -0.3 is 4.57 Å². The summed E-state index contributed by atoms with van der Waals surface area (Å²) in [7, 11) is -4.01. The van der Waals surface area contributed by atoms with Crippen LogP contribution in [0, 0.1) is 27.7 Å². The first-order chi connectivity index (χ1) is 18.5. The average molecular weight is 584 g/mol. The molecule has 4 rings (SSSR count). The number of nitrogens with one attached hydrogen (secondary N) is 1. The molecule has 1 heterocycles. The summed E-state index contributed by atoms with van der Waals surface area (Å²) >= 11 is 12.3. The van der Waals surface area contributed by atoms with Crippen LogP contribution in [0.3, 0.4) is 0 Å². The molecule has 0 saturated heterocycles. The topological polar surface area (TPSA) is 83.8 Å². The van der Waals surface area contributed by atoms with Crippen LogP contribution < -0.4 is 9.73 Å². The van der Waals surface area contributed by atoms with Crippen molar-refractivity contribution >= 4 is 51.0 Å². The van der Waals surface area contributed by atoms with E-state index >= 15 is 0 Å². The van der Waals surface area contributed by atoms with Crippen LogP contribution in [0.4, 0.5) is 5.69 Å². The number of hydrazone groups is 1. The number of anilines is 1. The molecule has 0 aliphatic carbocycles. The van der Waals surface area contributed by atoms with Crippen molar-refractivity contribution in [1.29, 1.82) is 0 Å². The van der Waals surface area contributed by atoms with Crippen LogP contribution in [-0.4, -0.2) is 31.7 Å². The van der Waals surface area contributed by atoms with Crippen LogP contribution in [0.1, 0.15) is 28.1 Å². The Labute approximate surface area is 238 Å². The smallest absolute Gasteiger partial charge is 0.264 e. The van der Waals surface area contributed by atoms with E-state index in [0.29, 0.717) is 15.7 Å². The molecule has 0 radical (unpaired) electrons. The van der Waals surface area contributed by atoms with Gasteiger partial charge in [-0.2, -0.15) is 5.10 Å². The summed E-state index contributed by atoms with van der Waals surface area (Å²) in [5.41, 5.74) is 8.07. The molecule has 0 aliphatic heterocycles. The van der Waals surface area contributed by atoms with E-state index in [-0.39, 0.29) is 4.90 Å². The van der Waals surface area contributed by atoms with Crippen LogP contribution in [-0.2, 0) is 14.8 Å². The summed E-state index contributed by atoms with van der Waals surface area (Å²) in [5.74, 6) is -0.580. The van der Waals surface area contributed by atoms with Crippen molar-refractivity contribution < 1.29 is 13.2 Å². The van der Waals surface area contributed by atoms with Gasteiger partial charge in [-0.15, -0.1) is 0 Å². The maximum absolute atomic E-state index is 13.6. The van der Waals surface area contributed by atoms with E-state index in [2.05, 4.69) is 10.5 Å². The number of aryl methyl sites for hydroxylation is 3. The standard InChI is InChI=1S/C29H28Cl2N4O3S/c1-19-10-13-28(20(2)14-19)34(39(37,38)25-8-6-5-7-9-25)18-29(36)33-32-17-23-15-21(3)35(22(23)4)24-11-12-26(30)27(31)16-24/h5-17H,18H2,1-4H3,(H,33,36)/b32-17+. The van der Waals surface area contributed by atoms with Crippen molar-refractivity contribution in [2.24, 2.45) is 5.10 Å². The van der Waals surface area contributed by atoms with Gasteiger partial charge in [-0.3, -0.25) is 9.10 Å². The number of amides is 1. The monoisotopic (exact) mass is 582 g/mol. The Morgan fingerprint density at radius 3 is 2.33 bits per heavy atom. The zero-order chi connectivity index (χ0) is 28.3. The summed E-state index contributed by atoms with van der Waals surface area (Å²) in [5, 5.41) is 5.03. The Kier molecular flexibility index (Phi) is 8.49. The van der Waals surface area contributed by atoms with Crippen molar-refractivity contribution in [3.63, 3.8) is 0 Å². The number of sulfonamides is 1. The number of halogens is 2. The Balaban J connectivity index is 1.57. The number of aromatic nitrogens is 1. The highest BCUT2D eigenvalue weighted by molar-refractivity contribution is 7.92. The summed E-state index contributed by atoms with van der Waals surface area (Å²) in [4.78, 5) is 13.1. The number of rotatable bonds is 8. The fourth-order valence-electron chi connectivity index (χ4n) is 4.38. The highest BCUT2D eigenvalue weighted by atomic mass is 35.5. The molecule has 0 aliphatic rings. The molecule has 0 atom stereocenters. The van der Waals surface area contributed by atoms with Crippen LogP contribution in [0.2, 0.25) is 10.0 Å². The quantitative estimate of drug-likeness (QED) is 0.194. The molecule has 202 valence electrons. The second kappa shape index (κ2) is 11.7. The number of hydrogen-bond acceptors (Lipinski definition) is 4. The Morgan fingerprint density at radius 1 is 0.949 bits per heavy atom. The first-order valence-electron chi connectivity index (χ1n) is 12.1. The second-order valence-electron chi connectivity index (χ2n) is 9.17. The van der Waals surface area contributed by atoms with Gasteiger partial charge in [-0.05, 0) is 75.7 Å². The average Bonchev–Trinajstić information content (AvgIpc) is 3.17. The maximum atomic E-state index is 13.6. The minimum absolute atomic E-state index is 0.0935. The first kappa shape index (κ1) is 28.4. The number of benzene rings is 3. The molecule has 0 bridgehead atoms. The molecule has 39 heavy (non-hydrogen) atoms. The van der Waals surface area contributed by atoms with Gasteiger partial charge in [0.1, 0.15) is 6.54 Å². The molecule has 1 aromatic heterocycles. The fraction of sp³-hybridized carbons (Fsp3) is 0.172. The molecule has 0 spiro atoms. The SMILES string of the molecule is Cc1ccc(N(CC(=O)N/N=C/c2cc(C)n(-c3ccc(Cl)c(Cl)c3)c2C)S(=O)(=O)c2ccccc2)c(C)c1. The van der Waals surface area contributed by atoms with E-state index in [1.807, 2.05) is 56.5 Å². The van der Waals surface area contributed by atoms with Gasteiger partial charge in [0.25, 0.3) is 15.9 Å². The molecule has 0 saturated carbocycles. The third-order valence-corrected chi connectivity index (χ3v) is 8.78. The largest absolute Gasteiger partial charge is 0.318 e. The highest BCUT2D eigenvalue weighted by Gasteiger charge is 2.28. The van der Waals surface area contributed by atoms with E-state index < -0.39 is 22.5 Å². The maximum Gasteiger partial charge on any atom is 0.264 e. The zero-order valence-electron chi connectivity index (χ0n) is 21.9. The van der Waals surface area contributed by atoms with E-state index in [1.54, 1.807) is 36.4 Å². The van der Waals surface area contributed by atoms with Gasteiger partial charge in [-0.1, -0.05) is 59.1 Å². The summed E-state index contributed by atoms with van der Waals surface area (Å²) in [6, 6.07) is 20.7. The lowest BCUT2D eigenvalue weighted by Gasteiger charge is -2.25.